The highest BCUT2D eigenvalue weighted by atomic mass is 32.2. The normalized spacial score (nSPS) is 11.4. The van der Waals surface area contributed by atoms with E-state index in [1.165, 1.54) is 30.3 Å². The number of pyridine rings is 1. The lowest BCUT2D eigenvalue weighted by Crippen LogP contribution is -2.23. The van der Waals surface area contributed by atoms with Crippen LogP contribution in [0.15, 0.2) is 66.2 Å². The van der Waals surface area contributed by atoms with Crippen molar-refractivity contribution in [1.29, 1.82) is 0 Å². The molecule has 6 nitrogen and oxygen atoms in total. The molecule has 0 aliphatic carbocycles. The molecule has 28 heavy (non-hydrogen) atoms. The van der Waals surface area contributed by atoms with Gasteiger partial charge in [0.1, 0.15) is 0 Å². The van der Waals surface area contributed by atoms with Crippen molar-refractivity contribution in [3.8, 4) is 0 Å². The topological polar surface area (TPSA) is 88.2 Å². The second-order valence-electron chi connectivity index (χ2n) is 6.38. The lowest BCUT2D eigenvalue weighted by molar-refractivity contribution is 0.102. The van der Waals surface area contributed by atoms with E-state index in [0.29, 0.717) is 11.3 Å². The maximum atomic E-state index is 12.6. The third-order valence-electron chi connectivity index (χ3n) is 4.53. The minimum Gasteiger partial charge on any atom is -0.321 e. The molecule has 7 heteroatoms. The van der Waals surface area contributed by atoms with Crippen molar-refractivity contribution >= 4 is 32.5 Å². The zero-order valence-electron chi connectivity index (χ0n) is 15.7. The number of aromatic nitrogens is 1. The molecule has 3 rings (SSSR count). The van der Waals surface area contributed by atoms with Gasteiger partial charge in [-0.3, -0.25) is 9.78 Å². The molecule has 0 saturated heterocycles. The molecule has 1 amide bonds. The van der Waals surface area contributed by atoms with E-state index in [-0.39, 0.29) is 17.3 Å². The summed E-state index contributed by atoms with van der Waals surface area (Å²) in [4.78, 5) is 17.1. The number of amides is 1. The van der Waals surface area contributed by atoms with Crippen LogP contribution in [0.4, 0.5) is 5.69 Å². The zero-order chi connectivity index (χ0) is 20.3. The molecule has 0 spiro atoms. The predicted molar refractivity (Wildman–Crippen MR) is 111 cm³/mol. The summed E-state index contributed by atoms with van der Waals surface area (Å²) >= 11 is 0. The first-order valence-electron chi connectivity index (χ1n) is 8.70. The Labute approximate surface area is 164 Å². The van der Waals surface area contributed by atoms with Crippen molar-refractivity contribution in [2.75, 3.05) is 11.9 Å². The van der Waals surface area contributed by atoms with Crippen LogP contribution in [-0.2, 0) is 10.0 Å². The van der Waals surface area contributed by atoms with Gasteiger partial charge in [0.15, 0.2) is 0 Å². The third kappa shape index (κ3) is 3.95. The molecule has 0 radical (unpaired) electrons. The summed E-state index contributed by atoms with van der Waals surface area (Å²) in [5.41, 5.74) is 4.05. The Morgan fingerprint density at radius 3 is 2.50 bits per heavy atom. The van der Waals surface area contributed by atoms with E-state index in [0.717, 1.165) is 22.0 Å². The molecular formula is C21H21N3O3S. The highest BCUT2D eigenvalue weighted by molar-refractivity contribution is 7.89. The first kappa shape index (κ1) is 19.7. The van der Waals surface area contributed by atoms with E-state index in [2.05, 4.69) is 21.6 Å². The van der Waals surface area contributed by atoms with Gasteiger partial charge in [-0.25, -0.2) is 13.1 Å². The number of nitrogens with one attached hydrogen (secondary N) is 2. The Balaban J connectivity index is 1.85. The predicted octanol–water partition coefficient (Wildman–Crippen LogP) is 3.57. The Kier molecular flexibility index (Phi) is 5.58. The molecule has 1 heterocycles. The molecule has 0 aliphatic rings. The number of carbonyl (C=O) groups excluding carboxylic acids is 1. The third-order valence-corrected chi connectivity index (χ3v) is 5.97. The van der Waals surface area contributed by atoms with Crippen molar-refractivity contribution in [3.05, 3.63) is 78.0 Å². The summed E-state index contributed by atoms with van der Waals surface area (Å²) in [6.07, 6.45) is 3.12. The van der Waals surface area contributed by atoms with Gasteiger partial charge in [0.05, 0.1) is 16.1 Å². The van der Waals surface area contributed by atoms with Crippen molar-refractivity contribution < 1.29 is 13.2 Å². The Morgan fingerprint density at radius 1 is 1.11 bits per heavy atom. The van der Waals surface area contributed by atoms with E-state index in [1.807, 2.05) is 26.0 Å². The second-order valence-corrected chi connectivity index (χ2v) is 8.15. The summed E-state index contributed by atoms with van der Waals surface area (Å²) in [5.74, 6) is -0.325. The average molecular weight is 395 g/mol. The van der Waals surface area contributed by atoms with Crippen molar-refractivity contribution in [2.45, 2.75) is 18.7 Å². The number of carbonyl (C=O) groups is 1. The van der Waals surface area contributed by atoms with Gasteiger partial charge in [0, 0.05) is 23.7 Å². The molecule has 0 bridgehead atoms. The van der Waals surface area contributed by atoms with Gasteiger partial charge < -0.3 is 5.32 Å². The second kappa shape index (κ2) is 7.92. The van der Waals surface area contributed by atoms with E-state index >= 15 is 0 Å². The van der Waals surface area contributed by atoms with Gasteiger partial charge in [0.25, 0.3) is 5.91 Å². The number of rotatable bonds is 6. The van der Waals surface area contributed by atoms with Crippen molar-refractivity contribution in [3.63, 3.8) is 0 Å². The number of nitrogens with zero attached hydrogens (tertiary/aromatic N) is 1. The highest BCUT2D eigenvalue weighted by Gasteiger charge is 2.15. The summed E-state index contributed by atoms with van der Waals surface area (Å²) < 4.78 is 26.6. The molecule has 2 N–H and O–H groups in total. The van der Waals surface area contributed by atoms with Crippen LogP contribution in [0.1, 0.15) is 21.5 Å². The number of hydrogen-bond donors (Lipinski definition) is 2. The fourth-order valence-corrected chi connectivity index (χ4v) is 3.80. The van der Waals surface area contributed by atoms with Crippen molar-refractivity contribution in [1.82, 2.24) is 9.71 Å². The molecular weight excluding hydrogens is 374 g/mol. The molecule has 0 atom stereocenters. The van der Waals surface area contributed by atoms with Crippen LogP contribution < -0.4 is 10.0 Å². The zero-order valence-corrected chi connectivity index (χ0v) is 16.5. The number of anilines is 1. The van der Waals surface area contributed by atoms with Crippen LogP contribution in [0.5, 0.6) is 0 Å². The minimum atomic E-state index is -3.62. The van der Waals surface area contributed by atoms with E-state index < -0.39 is 10.0 Å². The summed E-state index contributed by atoms with van der Waals surface area (Å²) in [6.45, 7) is 7.63. The first-order valence-corrected chi connectivity index (χ1v) is 10.2. The van der Waals surface area contributed by atoms with E-state index in [9.17, 15) is 13.2 Å². The highest BCUT2D eigenvalue weighted by Crippen LogP contribution is 2.26. The van der Waals surface area contributed by atoms with Crippen LogP contribution in [0.25, 0.3) is 10.9 Å². The van der Waals surface area contributed by atoms with Gasteiger partial charge >= 0.3 is 0 Å². The largest absolute Gasteiger partial charge is 0.321 e. The van der Waals surface area contributed by atoms with Gasteiger partial charge in [-0.2, -0.15) is 0 Å². The number of fused-ring (bicyclic) bond motifs is 1. The lowest BCUT2D eigenvalue weighted by Gasteiger charge is -2.11. The Morgan fingerprint density at radius 2 is 1.82 bits per heavy atom. The molecule has 2 aromatic carbocycles. The van der Waals surface area contributed by atoms with Crippen LogP contribution in [0, 0.1) is 13.8 Å². The summed E-state index contributed by atoms with van der Waals surface area (Å²) in [7, 11) is -3.62. The minimum absolute atomic E-state index is 0.0892. The number of aryl methyl sites for hydroxylation is 2. The number of benzene rings is 2. The van der Waals surface area contributed by atoms with Crippen LogP contribution in [0.2, 0.25) is 0 Å². The van der Waals surface area contributed by atoms with E-state index in [1.54, 1.807) is 12.3 Å². The van der Waals surface area contributed by atoms with Gasteiger partial charge in [-0.1, -0.05) is 18.2 Å². The lowest BCUT2D eigenvalue weighted by atomic mass is 10.0. The quantitative estimate of drug-likeness (QED) is 0.625. The molecule has 1 aromatic heterocycles. The van der Waals surface area contributed by atoms with Gasteiger partial charge in [-0.15, -0.1) is 6.58 Å². The smallest absolute Gasteiger partial charge is 0.255 e. The number of hydrogen-bond acceptors (Lipinski definition) is 4. The first-order chi connectivity index (χ1) is 13.3. The monoisotopic (exact) mass is 395 g/mol. The summed E-state index contributed by atoms with van der Waals surface area (Å²) in [5, 5.41) is 3.74. The maximum absolute atomic E-state index is 12.6. The van der Waals surface area contributed by atoms with Gasteiger partial charge in [-0.05, 0) is 55.3 Å². The fourth-order valence-electron chi connectivity index (χ4n) is 2.80. The average Bonchev–Trinajstić information content (AvgIpc) is 2.69. The molecule has 144 valence electrons. The Hall–Kier alpha value is -3.03. The standard InChI is InChI=1S/C21H21N3O3S/c1-4-12-23-28(26,27)17-8-6-16(7-9-17)21(25)24-19-11-13-22-20-15(3)14(2)5-10-18(19)20/h4-11,13,23H,1,12H2,2-3H3,(H,22,24,25). The number of sulfonamides is 1. The summed E-state index contributed by atoms with van der Waals surface area (Å²) in [6, 6.07) is 11.4. The fraction of sp³-hybridized carbons (Fsp3) is 0.143. The SMILES string of the molecule is C=CCNS(=O)(=O)c1ccc(C(=O)Nc2ccnc3c(C)c(C)ccc23)cc1. The van der Waals surface area contributed by atoms with Crippen LogP contribution in [-0.4, -0.2) is 25.9 Å². The van der Waals surface area contributed by atoms with Gasteiger partial charge in [0.2, 0.25) is 10.0 Å². The maximum Gasteiger partial charge on any atom is 0.255 e. The molecule has 0 fully saturated rings. The molecule has 3 aromatic rings. The molecule has 0 aliphatic heterocycles. The Bertz CT molecular complexity index is 1150. The molecule has 0 unspecified atom stereocenters. The van der Waals surface area contributed by atoms with Crippen LogP contribution in [0.3, 0.4) is 0 Å². The van der Waals surface area contributed by atoms with Crippen molar-refractivity contribution in [2.24, 2.45) is 0 Å². The van der Waals surface area contributed by atoms with Crippen LogP contribution >= 0.6 is 0 Å². The van der Waals surface area contributed by atoms with E-state index in [4.69, 9.17) is 0 Å². The molecule has 0 saturated carbocycles.